The lowest BCUT2D eigenvalue weighted by Gasteiger charge is -2.09. The summed E-state index contributed by atoms with van der Waals surface area (Å²) in [5.74, 6) is 0.794. The van der Waals surface area contributed by atoms with E-state index in [1.54, 1.807) is 19.4 Å². The number of nitrogens with two attached hydrogens (primary N) is 1. The maximum Gasteiger partial charge on any atom is 0.166 e. The van der Waals surface area contributed by atoms with Crippen LogP contribution in [0.25, 0.3) is 33.5 Å². The van der Waals surface area contributed by atoms with Gasteiger partial charge in [0.15, 0.2) is 11.6 Å². The summed E-state index contributed by atoms with van der Waals surface area (Å²) < 4.78 is 7.06. The standard InChI is InChI=1S/C18H16N6O/c1-24-17(11-6-4-3-5-7-11)12(9-22-24)15-16-13(20-10-21-15)8-14(25-2)18(19)23-16/h3-10H,1-2H3,(H2,19,23). The summed E-state index contributed by atoms with van der Waals surface area (Å²) in [7, 11) is 3.45. The van der Waals surface area contributed by atoms with Gasteiger partial charge in [0.25, 0.3) is 0 Å². The zero-order chi connectivity index (χ0) is 17.4. The van der Waals surface area contributed by atoms with Crippen molar-refractivity contribution >= 4 is 16.9 Å². The molecule has 3 aromatic heterocycles. The molecule has 0 aliphatic rings. The van der Waals surface area contributed by atoms with Crippen molar-refractivity contribution in [3.63, 3.8) is 0 Å². The Morgan fingerprint density at radius 3 is 2.68 bits per heavy atom. The van der Waals surface area contributed by atoms with Crippen LogP contribution >= 0.6 is 0 Å². The molecule has 0 amide bonds. The first-order valence-corrected chi connectivity index (χ1v) is 7.72. The van der Waals surface area contributed by atoms with Gasteiger partial charge in [-0.25, -0.2) is 15.0 Å². The fourth-order valence-corrected chi connectivity index (χ4v) is 2.89. The van der Waals surface area contributed by atoms with Crippen molar-refractivity contribution < 1.29 is 4.74 Å². The normalized spacial score (nSPS) is 11.0. The van der Waals surface area contributed by atoms with E-state index in [9.17, 15) is 0 Å². The molecule has 0 radical (unpaired) electrons. The number of ether oxygens (including phenoxy) is 1. The van der Waals surface area contributed by atoms with E-state index in [0.29, 0.717) is 28.3 Å². The summed E-state index contributed by atoms with van der Waals surface area (Å²) in [5, 5.41) is 4.40. The van der Waals surface area contributed by atoms with Gasteiger partial charge in [-0.15, -0.1) is 0 Å². The molecule has 0 aliphatic heterocycles. The van der Waals surface area contributed by atoms with Gasteiger partial charge in [-0.05, 0) is 0 Å². The number of pyridine rings is 1. The lowest BCUT2D eigenvalue weighted by Crippen LogP contribution is -2.00. The Kier molecular flexibility index (Phi) is 3.53. The Morgan fingerprint density at radius 2 is 1.92 bits per heavy atom. The Hall–Kier alpha value is -3.48. The fraction of sp³-hybridized carbons (Fsp3) is 0.111. The molecule has 0 bridgehead atoms. The summed E-state index contributed by atoms with van der Waals surface area (Å²) in [4.78, 5) is 13.2. The summed E-state index contributed by atoms with van der Waals surface area (Å²) in [5.41, 5.74) is 10.8. The molecule has 3 heterocycles. The number of aryl methyl sites for hydroxylation is 1. The lowest BCUT2D eigenvalue weighted by atomic mass is 10.0. The van der Waals surface area contributed by atoms with Crippen molar-refractivity contribution in [1.29, 1.82) is 0 Å². The molecule has 4 aromatic rings. The van der Waals surface area contributed by atoms with E-state index in [4.69, 9.17) is 10.5 Å². The van der Waals surface area contributed by atoms with Crippen LogP contribution in [0.4, 0.5) is 5.82 Å². The molecule has 0 aliphatic carbocycles. The third-order valence-electron chi connectivity index (χ3n) is 4.06. The molecule has 0 unspecified atom stereocenters. The Morgan fingerprint density at radius 1 is 1.12 bits per heavy atom. The number of benzene rings is 1. The zero-order valence-corrected chi connectivity index (χ0v) is 13.8. The van der Waals surface area contributed by atoms with Gasteiger partial charge in [-0.1, -0.05) is 30.3 Å². The number of anilines is 1. The van der Waals surface area contributed by atoms with Gasteiger partial charge >= 0.3 is 0 Å². The second-order valence-electron chi connectivity index (χ2n) is 5.56. The zero-order valence-electron chi connectivity index (χ0n) is 13.8. The predicted molar refractivity (Wildman–Crippen MR) is 95.9 cm³/mol. The third-order valence-corrected chi connectivity index (χ3v) is 4.06. The fourth-order valence-electron chi connectivity index (χ4n) is 2.89. The Bertz CT molecular complexity index is 1060. The van der Waals surface area contributed by atoms with E-state index in [0.717, 1.165) is 16.8 Å². The van der Waals surface area contributed by atoms with Crippen LogP contribution in [0.3, 0.4) is 0 Å². The highest BCUT2D eigenvalue weighted by Crippen LogP contribution is 2.34. The van der Waals surface area contributed by atoms with Crippen molar-refractivity contribution in [2.75, 3.05) is 12.8 Å². The average molecular weight is 332 g/mol. The van der Waals surface area contributed by atoms with Crippen LogP contribution in [0.15, 0.2) is 48.9 Å². The first kappa shape index (κ1) is 15.1. The highest BCUT2D eigenvalue weighted by Gasteiger charge is 2.18. The second kappa shape index (κ2) is 5.86. The first-order valence-electron chi connectivity index (χ1n) is 7.72. The van der Waals surface area contributed by atoms with Crippen molar-refractivity contribution in [3.05, 3.63) is 48.9 Å². The SMILES string of the molecule is COc1cc2ncnc(-c3cnn(C)c3-c3ccccc3)c2nc1N. The van der Waals surface area contributed by atoms with Crippen LogP contribution in [0.2, 0.25) is 0 Å². The van der Waals surface area contributed by atoms with Crippen LogP contribution < -0.4 is 10.5 Å². The molecule has 7 heteroatoms. The Balaban J connectivity index is 1.99. The molecule has 0 saturated heterocycles. The predicted octanol–water partition coefficient (Wildman–Crippen LogP) is 2.68. The van der Waals surface area contributed by atoms with Crippen molar-refractivity contribution in [2.45, 2.75) is 0 Å². The smallest absolute Gasteiger partial charge is 0.166 e. The number of nitrogen functional groups attached to an aromatic ring is 1. The summed E-state index contributed by atoms with van der Waals surface area (Å²) in [6.45, 7) is 0. The number of methoxy groups -OCH3 is 1. The Labute approximate surface area is 144 Å². The summed E-state index contributed by atoms with van der Waals surface area (Å²) >= 11 is 0. The minimum absolute atomic E-state index is 0.302. The lowest BCUT2D eigenvalue weighted by molar-refractivity contribution is 0.416. The van der Waals surface area contributed by atoms with Gasteiger partial charge in [0.2, 0.25) is 0 Å². The molecule has 7 nitrogen and oxygen atoms in total. The molecule has 2 N–H and O–H groups in total. The molecule has 0 fully saturated rings. The highest BCUT2D eigenvalue weighted by molar-refractivity contribution is 5.94. The number of rotatable bonds is 3. The molecule has 0 spiro atoms. The number of fused-ring (bicyclic) bond motifs is 1. The summed E-state index contributed by atoms with van der Waals surface area (Å²) in [6.07, 6.45) is 3.29. The van der Waals surface area contributed by atoms with E-state index in [1.807, 2.05) is 42.1 Å². The first-order chi connectivity index (χ1) is 12.2. The molecular formula is C18H16N6O. The molecule has 25 heavy (non-hydrogen) atoms. The highest BCUT2D eigenvalue weighted by atomic mass is 16.5. The van der Waals surface area contributed by atoms with Crippen LogP contribution in [-0.2, 0) is 7.05 Å². The largest absolute Gasteiger partial charge is 0.493 e. The number of nitrogens with zero attached hydrogens (tertiary/aromatic N) is 5. The number of hydrogen-bond donors (Lipinski definition) is 1. The molecule has 1 aromatic carbocycles. The molecule has 124 valence electrons. The van der Waals surface area contributed by atoms with E-state index in [-0.39, 0.29) is 0 Å². The van der Waals surface area contributed by atoms with E-state index >= 15 is 0 Å². The third kappa shape index (κ3) is 2.46. The average Bonchev–Trinajstić information content (AvgIpc) is 3.02. The van der Waals surface area contributed by atoms with Crippen LogP contribution in [0, 0.1) is 0 Å². The maximum atomic E-state index is 5.99. The van der Waals surface area contributed by atoms with Gasteiger partial charge in [0, 0.05) is 24.2 Å². The minimum Gasteiger partial charge on any atom is -0.493 e. The van der Waals surface area contributed by atoms with Gasteiger partial charge in [0.1, 0.15) is 17.5 Å². The molecule has 0 saturated carbocycles. The molecular weight excluding hydrogens is 316 g/mol. The summed E-state index contributed by atoms with van der Waals surface area (Å²) in [6, 6.07) is 11.8. The monoisotopic (exact) mass is 332 g/mol. The second-order valence-corrected chi connectivity index (χ2v) is 5.56. The quantitative estimate of drug-likeness (QED) is 0.620. The van der Waals surface area contributed by atoms with Crippen LogP contribution in [0.5, 0.6) is 5.75 Å². The van der Waals surface area contributed by atoms with Crippen molar-refractivity contribution in [1.82, 2.24) is 24.7 Å². The van der Waals surface area contributed by atoms with Gasteiger partial charge in [0.05, 0.1) is 24.5 Å². The molecule has 0 atom stereocenters. The van der Waals surface area contributed by atoms with Crippen LogP contribution in [0.1, 0.15) is 0 Å². The van der Waals surface area contributed by atoms with E-state index in [1.165, 1.54) is 6.33 Å². The van der Waals surface area contributed by atoms with Gasteiger partial charge in [-0.3, -0.25) is 4.68 Å². The van der Waals surface area contributed by atoms with Crippen molar-refractivity contribution in [3.8, 4) is 28.3 Å². The minimum atomic E-state index is 0.302. The van der Waals surface area contributed by atoms with E-state index in [2.05, 4.69) is 20.1 Å². The van der Waals surface area contributed by atoms with E-state index < -0.39 is 0 Å². The molecule has 4 rings (SSSR count). The van der Waals surface area contributed by atoms with Gasteiger partial charge < -0.3 is 10.5 Å². The van der Waals surface area contributed by atoms with Crippen molar-refractivity contribution in [2.24, 2.45) is 7.05 Å². The van der Waals surface area contributed by atoms with Crippen LogP contribution in [-0.4, -0.2) is 31.8 Å². The topological polar surface area (TPSA) is 91.7 Å². The van der Waals surface area contributed by atoms with Gasteiger partial charge in [-0.2, -0.15) is 5.10 Å². The number of hydrogen-bond acceptors (Lipinski definition) is 6. The maximum absolute atomic E-state index is 5.99. The number of aromatic nitrogens is 5.